The minimum Gasteiger partial charge on any atom is -0.297 e. The standard InChI is InChI=1S/C15H21NS/c1-11-7-9-15(16-12(2)8-10-17-15)14-6-4-3-5-13(11)14/h3-6,11-12,16H,7-10H2,1-2H3. The highest BCUT2D eigenvalue weighted by Crippen LogP contribution is 2.49. The molecule has 1 saturated heterocycles. The van der Waals surface area contributed by atoms with Gasteiger partial charge in [-0.2, -0.15) is 0 Å². The summed E-state index contributed by atoms with van der Waals surface area (Å²) >= 11 is 2.12. The number of thioether (sulfide) groups is 1. The van der Waals surface area contributed by atoms with Crippen molar-refractivity contribution in [3.8, 4) is 0 Å². The number of benzene rings is 1. The molecular weight excluding hydrogens is 226 g/mol. The number of rotatable bonds is 0. The van der Waals surface area contributed by atoms with Crippen molar-refractivity contribution in [2.45, 2.75) is 49.9 Å². The van der Waals surface area contributed by atoms with Gasteiger partial charge >= 0.3 is 0 Å². The van der Waals surface area contributed by atoms with E-state index in [9.17, 15) is 0 Å². The van der Waals surface area contributed by atoms with Gasteiger partial charge in [-0.3, -0.25) is 5.32 Å². The van der Waals surface area contributed by atoms with E-state index in [0.29, 0.717) is 6.04 Å². The van der Waals surface area contributed by atoms with Crippen LogP contribution >= 0.6 is 11.8 Å². The minimum absolute atomic E-state index is 0.209. The third-order valence-electron chi connectivity index (χ3n) is 4.24. The van der Waals surface area contributed by atoms with Crippen molar-refractivity contribution in [3.63, 3.8) is 0 Å². The molecule has 1 aromatic carbocycles. The van der Waals surface area contributed by atoms with Crippen molar-refractivity contribution in [1.29, 1.82) is 0 Å². The van der Waals surface area contributed by atoms with Crippen LogP contribution in [0.1, 0.15) is 50.2 Å². The van der Waals surface area contributed by atoms with Gasteiger partial charge in [0.1, 0.15) is 0 Å². The van der Waals surface area contributed by atoms with E-state index < -0.39 is 0 Å². The Labute approximate surface area is 108 Å². The molecule has 0 aromatic heterocycles. The van der Waals surface area contributed by atoms with E-state index in [-0.39, 0.29) is 4.87 Å². The molecule has 1 spiro atoms. The number of hydrogen-bond donors (Lipinski definition) is 1. The summed E-state index contributed by atoms with van der Waals surface area (Å²) < 4.78 is 0. The van der Waals surface area contributed by atoms with Crippen molar-refractivity contribution in [3.05, 3.63) is 35.4 Å². The second-order valence-electron chi connectivity index (χ2n) is 5.54. The first-order valence-corrected chi connectivity index (χ1v) is 7.71. The third-order valence-corrected chi connectivity index (χ3v) is 5.71. The molecule has 1 fully saturated rings. The maximum atomic E-state index is 3.87. The van der Waals surface area contributed by atoms with Gasteiger partial charge in [0.25, 0.3) is 0 Å². The lowest BCUT2D eigenvalue weighted by Crippen LogP contribution is -2.50. The van der Waals surface area contributed by atoms with Crippen LogP contribution in [0.25, 0.3) is 0 Å². The van der Waals surface area contributed by atoms with E-state index in [0.717, 1.165) is 5.92 Å². The lowest BCUT2D eigenvalue weighted by molar-refractivity contribution is 0.339. The lowest BCUT2D eigenvalue weighted by atomic mass is 9.80. The van der Waals surface area contributed by atoms with Crippen LogP contribution in [0.5, 0.6) is 0 Å². The van der Waals surface area contributed by atoms with E-state index in [2.05, 4.69) is 55.2 Å². The van der Waals surface area contributed by atoms with Crippen LogP contribution in [0, 0.1) is 0 Å². The third kappa shape index (κ3) is 1.92. The first kappa shape index (κ1) is 11.6. The summed E-state index contributed by atoms with van der Waals surface area (Å²) in [5.41, 5.74) is 3.11. The van der Waals surface area contributed by atoms with Crippen LogP contribution in [-0.2, 0) is 4.87 Å². The van der Waals surface area contributed by atoms with Gasteiger partial charge in [0.2, 0.25) is 0 Å². The molecule has 0 bridgehead atoms. The largest absolute Gasteiger partial charge is 0.297 e. The van der Waals surface area contributed by atoms with E-state index in [1.54, 1.807) is 11.1 Å². The fourth-order valence-corrected chi connectivity index (χ4v) is 4.93. The fraction of sp³-hybridized carbons (Fsp3) is 0.600. The van der Waals surface area contributed by atoms with Gasteiger partial charge in [0.15, 0.2) is 0 Å². The Kier molecular flexibility index (Phi) is 2.95. The molecule has 17 heavy (non-hydrogen) atoms. The molecule has 1 heterocycles. The second kappa shape index (κ2) is 4.33. The Morgan fingerprint density at radius 2 is 2.06 bits per heavy atom. The zero-order valence-electron chi connectivity index (χ0n) is 10.7. The fourth-order valence-electron chi connectivity index (χ4n) is 3.23. The van der Waals surface area contributed by atoms with Crippen LogP contribution in [0.4, 0.5) is 0 Å². The average molecular weight is 247 g/mol. The van der Waals surface area contributed by atoms with Crippen LogP contribution in [0.15, 0.2) is 24.3 Å². The maximum Gasteiger partial charge on any atom is 0.0906 e. The summed E-state index contributed by atoms with van der Waals surface area (Å²) in [6, 6.07) is 9.69. The van der Waals surface area contributed by atoms with Gasteiger partial charge < -0.3 is 0 Å². The summed E-state index contributed by atoms with van der Waals surface area (Å²) in [6.07, 6.45) is 3.88. The molecule has 2 aliphatic rings. The highest BCUT2D eigenvalue weighted by molar-refractivity contribution is 8.00. The molecule has 92 valence electrons. The van der Waals surface area contributed by atoms with Crippen molar-refractivity contribution in [2.24, 2.45) is 0 Å². The van der Waals surface area contributed by atoms with Gasteiger partial charge in [-0.1, -0.05) is 31.2 Å². The molecule has 0 saturated carbocycles. The Balaban J connectivity index is 2.05. The summed E-state index contributed by atoms with van der Waals surface area (Å²) in [4.78, 5) is 0.209. The predicted molar refractivity (Wildman–Crippen MR) is 75.4 cm³/mol. The number of hydrogen-bond acceptors (Lipinski definition) is 2. The Morgan fingerprint density at radius 3 is 2.88 bits per heavy atom. The molecule has 2 heteroatoms. The SMILES string of the molecule is CC1CCSC2(CCC(C)c3ccccc32)N1. The van der Waals surface area contributed by atoms with Crippen LogP contribution in [0.2, 0.25) is 0 Å². The van der Waals surface area contributed by atoms with Crippen LogP contribution < -0.4 is 5.32 Å². The predicted octanol–water partition coefficient (Wildman–Crippen LogP) is 3.85. The van der Waals surface area contributed by atoms with Gasteiger partial charge in [0.05, 0.1) is 4.87 Å². The zero-order valence-corrected chi connectivity index (χ0v) is 11.5. The Hall–Kier alpha value is -0.470. The lowest BCUT2D eigenvalue weighted by Gasteiger charge is -2.46. The number of nitrogens with one attached hydrogen (secondary N) is 1. The van der Waals surface area contributed by atoms with E-state index in [4.69, 9.17) is 0 Å². The molecule has 0 amide bonds. The van der Waals surface area contributed by atoms with E-state index >= 15 is 0 Å². The van der Waals surface area contributed by atoms with Gasteiger partial charge in [-0.05, 0) is 49.0 Å². The normalized spacial score (nSPS) is 36.8. The highest BCUT2D eigenvalue weighted by atomic mass is 32.2. The first-order chi connectivity index (χ1) is 8.21. The van der Waals surface area contributed by atoms with Crippen LogP contribution in [0.3, 0.4) is 0 Å². The summed E-state index contributed by atoms with van der Waals surface area (Å²) in [5, 5.41) is 3.87. The van der Waals surface area contributed by atoms with Crippen molar-refractivity contribution in [1.82, 2.24) is 5.32 Å². The van der Waals surface area contributed by atoms with Gasteiger partial charge in [-0.15, -0.1) is 11.8 Å². The molecular formula is C15H21NS. The van der Waals surface area contributed by atoms with Gasteiger partial charge in [0, 0.05) is 6.04 Å². The molecule has 3 atom stereocenters. The Bertz CT molecular complexity index is 417. The van der Waals surface area contributed by atoms with Crippen molar-refractivity contribution in [2.75, 3.05) is 5.75 Å². The molecule has 1 aliphatic heterocycles. The molecule has 1 aromatic rings. The average Bonchev–Trinajstić information content (AvgIpc) is 2.35. The van der Waals surface area contributed by atoms with Crippen molar-refractivity contribution < 1.29 is 0 Å². The zero-order chi connectivity index (χ0) is 11.9. The summed E-state index contributed by atoms with van der Waals surface area (Å²) in [5.74, 6) is 2.01. The van der Waals surface area contributed by atoms with Gasteiger partial charge in [-0.25, -0.2) is 0 Å². The molecule has 1 N–H and O–H groups in total. The molecule has 0 radical (unpaired) electrons. The molecule has 3 rings (SSSR count). The smallest absolute Gasteiger partial charge is 0.0906 e. The van der Waals surface area contributed by atoms with E-state index in [1.807, 2.05) is 0 Å². The topological polar surface area (TPSA) is 12.0 Å². The van der Waals surface area contributed by atoms with E-state index in [1.165, 1.54) is 25.0 Å². The minimum atomic E-state index is 0.209. The molecule has 1 aliphatic carbocycles. The monoisotopic (exact) mass is 247 g/mol. The first-order valence-electron chi connectivity index (χ1n) is 6.72. The summed E-state index contributed by atoms with van der Waals surface area (Å²) in [6.45, 7) is 4.69. The molecule has 1 nitrogen and oxygen atoms in total. The highest BCUT2D eigenvalue weighted by Gasteiger charge is 2.41. The second-order valence-corrected chi connectivity index (χ2v) is 6.93. The Morgan fingerprint density at radius 1 is 1.24 bits per heavy atom. The van der Waals surface area contributed by atoms with Crippen molar-refractivity contribution >= 4 is 11.8 Å². The molecule has 3 unspecified atom stereocenters. The summed E-state index contributed by atoms with van der Waals surface area (Å²) in [7, 11) is 0. The number of fused-ring (bicyclic) bond motifs is 2. The van der Waals surface area contributed by atoms with Crippen LogP contribution in [-0.4, -0.2) is 11.8 Å². The maximum absolute atomic E-state index is 3.87. The quantitative estimate of drug-likeness (QED) is 0.747.